The molecule has 1 N–H and O–H groups in total. The van der Waals surface area contributed by atoms with Crippen LogP contribution < -0.4 is 9.47 Å². The minimum atomic E-state index is -0.791. The van der Waals surface area contributed by atoms with Crippen molar-refractivity contribution in [1.82, 2.24) is 14.8 Å². The van der Waals surface area contributed by atoms with E-state index >= 15 is 0 Å². The fourth-order valence-corrected chi connectivity index (χ4v) is 6.09. The lowest BCUT2D eigenvalue weighted by Crippen LogP contribution is -2.43. The van der Waals surface area contributed by atoms with Crippen molar-refractivity contribution in [3.05, 3.63) is 86.6 Å². The summed E-state index contributed by atoms with van der Waals surface area (Å²) in [4.78, 5) is 36.0. The molecular weight excluding hydrogens is 542 g/mol. The number of Topliss-reactive ketones (excluding diaryl/α,β-unsaturated/α-hetero) is 1. The Kier molecular flexibility index (Phi) is 9.02. The summed E-state index contributed by atoms with van der Waals surface area (Å²) in [7, 11) is 0. The van der Waals surface area contributed by atoms with Crippen molar-refractivity contribution in [2.45, 2.75) is 33.4 Å². The van der Waals surface area contributed by atoms with Gasteiger partial charge in [0.15, 0.2) is 17.3 Å². The summed E-state index contributed by atoms with van der Waals surface area (Å²) in [5.41, 5.74) is 2.31. The molecule has 3 heterocycles. The summed E-state index contributed by atoms with van der Waals surface area (Å²) in [6.45, 7) is 9.98. The molecule has 2 aliphatic rings. The Labute approximate surface area is 244 Å². The molecule has 9 nitrogen and oxygen atoms in total. The molecule has 0 bridgehead atoms. The van der Waals surface area contributed by atoms with Crippen LogP contribution in [0.15, 0.2) is 59.9 Å². The van der Waals surface area contributed by atoms with E-state index < -0.39 is 17.7 Å². The van der Waals surface area contributed by atoms with E-state index in [2.05, 4.69) is 9.88 Å². The fraction of sp³-hybridized carbons (Fsp3) is 0.387. The molecule has 216 valence electrons. The number of aryl methyl sites for hydroxylation is 2. The highest BCUT2D eigenvalue weighted by atomic mass is 32.1. The Balaban J connectivity index is 1.50. The molecule has 3 aromatic rings. The van der Waals surface area contributed by atoms with Crippen molar-refractivity contribution in [3.8, 4) is 11.5 Å². The van der Waals surface area contributed by atoms with E-state index in [-0.39, 0.29) is 11.4 Å². The fourth-order valence-electron chi connectivity index (χ4n) is 5.22. The molecule has 1 aromatic heterocycles. The molecule has 10 heteroatoms. The van der Waals surface area contributed by atoms with Crippen LogP contribution in [0.4, 0.5) is 0 Å². The van der Waals surface area contributed by atoms with Gasteiger partial charge in [0.2, 0.25) is 5.78 Å². The summed E-state index contributed by atoms with van der Waals surface area (Å²) < 4.78 is 17.5. The quantitative estimate of drug-likeness (QED) is 0.329. The summed E-state index contributed by atoms with van der Waals surface area (Å²) in [6.07, 6.45) is 0. The van der Waals surface area contributed by atoms with E-state index in [9.17, 15) is 14.7 Å². The number of hydrogen-bond acceptors (Lipinski definition) is 9. The van der Waals surface area contributed by atoms with E-state index in [1.807, 2.05) is 50.2 Å². The number of thiazole rings is 1. The Morgan fingerprint density at radius 1 is 1.07 bits per heavy atom. The molecule has 0 spiro atoms. The van der Waals surface area contributed by atoms with Gasteiger partial charge >= 0.3 is 0 Å². The molecule has 0 radical (unpaired) electrons. The second kappa shape index (κ2) is 12.8. The van der Waals surface area contributed by atoms with Crippen LogP contribution >= 0.6 is 11.3 Å². The van der Waals surface area contributed by atoms with Gasteiger partial charge in [0.05, 0.1) is 47.0 Å². The highest BCUT2D eigenvalue weighted by molar-refractivity contribution is 7.14. The molecular formula is C31H35N3O6S. The lowest BCUT2D eigenvalue weighted by molar-refractivity contribution is -0.129. The number of carbonyl (C=O) groups excluding carboxylic acids is 2. The van der Waals surface area contributed by atoms with Crippen LogP contribution in [-0.4, -0.2) is 77.6 Å². The monoisotopic (exact) mass is 577 g/mol. The highest BCUT2D eigenvalue weighted by Gasteiger charge is 2.44. The van der Waals surface area contributed by atoms with Gasteiger partial charge in [0.1, 0.15) is 6.61 Å². The Hall–Kier alpha value is -3.73. The average molecular weight is 578 g/mol. The number of aliphatic hydroxyl groups excluding tert-OH is 1. The number of aliphatic hydroxyl groups is 1. The van der Waals surface area contributed by atoms with Gasteiger partial charge in [-0.15, -0.1) is 11.3 Å². The van der Waals surface area contributed by atoms with Gasteiger partial charge in [-0.2, -0.15) is 0 Å². The molecule has 1 unspecified atom stereocenters. The smallest absolute Gasteiger partial charge is 0.290 e. The lowest BCUT2D eigenvalue weighted by atomic mass is 9.94. The zero-order valence-corrected chi connectivity index (χ0v) is 24.4. The standard InChI is InChI=1S/C31H35N3O6S/c1-4-39-25-18-23(10-11-24(25)40-19-22-8-6-5-7-9-22)27-26(28(35)30-20(2)32-21(3)41-30)29(36)31(37)34(27)13-12-33-14-16-38-17-15-33/h5-11,18,27,36H,4,12-17,19H2,1-3H3. The predicted molar refractivity (Wildman–Crippen MR) is 156 cm³/mol. The number of rotatable bonds is 11. The number of ether oxygens (including phenoxy) is 3. The Morgan fingerprint density at radius 2 is 1.83 bits per heavy atom. The number of nitrogens with zero attached hydrogens (tertiary/aromatic N) is 3. The van der Waals surface area contributed by atoms with Gasteiger partial charge in [-0.1, -0.05) is 36.4 Å². The Morgan fingerprint density at radius 3 is 2.51 bits per heavy atom. The highest BCUT2D eigenvalue weighted by Crippen LogP contribution is 2.42. The third kappa shape index (κ3) is 6.29. The van der Waals surface area contributed by atoms with E-state index in [1.54, 1.807) is 24.0 Å². The van der Waals surface area contributed by atoms with Crippen molar-refractivity contribution in [1.29, 1.82) is 0 Å². The first-order valence-electron chi connectivity index (χ1n) is 13.8. The first kappa shape index (κ1) is 28.8. The zero-order valence-electron chi connectivity index (χ0n) is 23.6. The Bertz CT molecular complexity index is 1430. The predicted octanol–water partition coefficient (Wildman–Crippen LogP) is 4.65. The van der Waals surface area contributed by atoms with Crippen LogP contribution in [-0.2, 0) is 16.1 Å². The average Bonchev–Trinajstić information content (AvgIpc) is 3.46. The topological polar surface area (TPSA) is 101 Å². The molecule has 1 atom stereocenters. The number of amides is 1. The van der Waals surface area contributed by atoms with Crippen molar-refractivity contribution in [2.75, 3.05) is 46.0 Å². The molecule has 41 heavy (non-hydrogen) atoms. The van der Waals surface area contributed by atoms with E-state index in [0.29, 0.717) is 67.2 Å². The van der Waals surface area contributed by atoms with Crippen LogP contribution in [0.3, 0.4) is 0 Å². The SMILES string of the molecule is CCOc1cc(C2C(C(=O)c3sc(C)nc3C)=C(O)C(=O)N2CCN2CCOCC2)ccc1OCc1ccccc1. The second-order valence-corrected chi connectivity index (χ2v) is 11.2. The molecule has 5 rings (SSSR count). The van der Waals surface area contributed by atoms with Gasteiger partial charge in [0, 0.05) is 26.2 Å². The van der Waals surface area contributed by atoms with Crippen LogP contribution in [0.1, 0.15) is 44.5 Å². The van der Waals surface area contributed by atoms with Crippen LogP contribution in [0.5, 0.6) is 11.5 Å². The first-order chi connectivity index (χ1) is 19.9. The second-order valence-electron chi connectivity index (χ2n) is 10.0. The van der Waals surface area contributed by atoms with Crippen molar-refractivity contribution >= 4 is 23.0 Å². The first-order valence-corrected chi connectivity index (χ1v) is 14.7. The number of benzene rings is 2. The molecule has 0 aliphatic carbocycles. The van der Waals surface area contributed by atoms with Crippen LogP contribution in [0.25, 0.3) is 0 Å². The van der Waals surface area contributed by atoms with Gasteiger partial charge in [-0.3, -0.25) is 14.5 Å². The number of aromatic nitrogens is 1. The zero-order chi connectivity index (χ0) is 28.9. The van der Waals surface area contributed by atoms with E-state index in [1.165, 1.54) is 11.3 Å². The normalized spacial score (nSPS) is 17.8. The van der Waals surface area contributed by atoms with Gasteiger partial charge in [-0.25, -0.2) is 4.98 Å². The summed E-state index contributed by atoms with van der Waals surface area (Å²) in [5, 5.41) is 11.9. The molecule has 1 amide bonds. The van der Waals surface area contributed by atoms with Crippen LogP contribution in [0.2, 0.25) is 0 Å². The van der Waals surface area contributed by atoms with Crippen LogP contribution in [0, 0.1) is 13.8 Å². The van der Waals surface area contributed by atoms with E-state index in [0.717, 1.165) is 23.7 Å². The molecule has 2 aromatic carbocycles. The van der Waals surface area contributed by atoms with Gasteiger partial charge < -0.3 is 24.2 Å². The minimum absolute atomic E-state index is 0.0594. The summed E-state index contributed by atoms with van der Waals surface area (Å²) in [5.74, 6) is -0.411. The maximum absolute atomic E-state index is 13.9. The number of carbonyl (C=O) groups is 2. The third-order valence-corrected chi connectivity index (χ3v) is 8.31. The van der Waals surface area contributed by atoms with E-state index in [4.69, 9.17) is 14.2 Å². The summed E-state index contributed by atoms with van der Waals surface area (Å²) >= 11 is 1.26. The van der Waals surface area contributed by atoms with Crippen molar-refractivity contribution < 1.29 is 28.9 Å². The molecule has 0 saturated carbocycles. The number of hydrogen-bond donors (Lipinski definition) is 1. The minimum Gasteiger partial charge on any atom is -0.503 e. The summed E-state index contributed by atoms with van der Waals surface area (Å²) in [6, 6.07) is 14.5. The van der Waals surface area contributed by atoms with Crippen molar-refractivity contribution in [2.24, 2.45) is 0 Å². The maximum atomic E-state index is 13.9. The largest absolute Gasteiger partial charge is 0.503 e. The number of morpholine rings is 1. The van der Waals surface area contributed by atoms with Crippen molar-refractivity contribution in [3.63, 3.8) is 0 Å². The maximum Gasteiger partial charge on any atom is 0.290 e. The van der Waals surface area contributed by atoms with Gasteiger partial charge in [0.25, 0.3) is 5.91 Å². The lowest BCUT2D eigenvalue weighted by Gasteiger charge is -2.32. The molecule has 1 saturated heterocycles. The van der Waals surface area contributed by atoms with Gasteiger partial charge in [-0.05, 0) is 44.0 Å². The third-order valence-electron chi connectivity index (χ3n) is 7.24. The molecule has 1 fully saturated rings. The molecule has 2 aliphatic heterocycles. The number of ketones is 1.